The highest BCUT2D eigenvalue weighted by Gasteiger charge is 2.47. The van der Waals surface area contributed by atoms with Gasteiger partial charge in [-0.3, -0.25) is 14.5 Å². The number of anilines is 1. The third kappa shape index (κ3) is 3.51. The number of carbonyl (C=O) groups is 2. The molecule has 1 amide bonds. The molecule has 1 aliphatic heterocycles. The minimum atomic E-state index is -0.905. The molecule has 5 rings (SSSR count). The number of nitrogens with zero attached hydrogens (tertiary/aromatic N) is 1. The first-order valence-electron chi connectivity index (χ1n) is 10.9. The zero-order valence-corrected chi connectivity index (χ0v) is 18.3. The zero-order chi connectivity index (χ0) is 23.8. The number of para-hydroxylation sites is 1. The topological polar surface area (TPSA) is 82.6 Å². The van der Waals surface area contributed by atoms with Crippen LogP contribution in [-0.4, -0.2) is 28.4 Å². The molecule has 34 heavy (non-hydrogen) atoms. The summed E-state index contributed by atoms with van der Waals surface area (Å²) in [4.78, 5) is 31.2. The molecule has 1 fully saturated rings. The molecule has 170 valence electrons. The molecule has 7 heteroatoms. The molecule has 1 unspecified atom stereocenters. The maximum absolute atomic E-state index is 13.5. The van der Waals surface area contributed by atoms with E-state index in [1.165, 1.54) is 29.2 Å². The number of Topliss-reactive ketones (excluding diaryl/α,β-unsaturated/α-hetero) is 1. The predicted octanol–water partition coefficient (Wildman–Crippen LogP) is 5.33. The summed E-state index contributed by atoms with van der Waals surface area (Å²) in [5, 5.41) is 12.0. The van der Waals surface area contributed by atoms with E-state index in [2.05, 4.69) is 4.98 Å². The average molecular weight is 456 g/mol. The minimum Gasteiger partial charge on any atom is -0.507 e. The number of ether oxygens (including phenoxy) is 1. The normalized spacial score (nSPS) is 17.5. The average Bonchev–Trinajstić information content (AvgIpc) is 3.38. The Morgan fingerprint density at radius 2 is 1.82 bits per heavy atom. The molecule has 1 aliphatic rings. The van der Waals surface area contributed by atoms with Crippen molar-refractivity contribution in [3.63, 3.8) is 0 Å². The number of aliphatic hydroxyl groups excluding tert-OH is 1. The quantitative estimate of drug-likeness (QED) is 0.242. The molecule has 6 nitrogen and oxygen atoms in total. The summed E-state index contributed by atoms with van der Waals surface area (Å²) in [6.45, 7) is 2.30. The first-order chi connectivity index (χ1) is 16.5. The lowest BCUT2D eigenvalue weighted by Gasteiger charge is -2.25. The van der Waals surface area contributed by atoms with Gasteiger partial charge in [0.1, 0.15) is 17.3 Å². The Morgan fingerprint density at radius 1 is 1.06 bits per heavy atom. The largest absolute Gasteiger partial charge is 0.507 e. The van der Waals surface area contributed by atoms with E-state index in [9.17, 15) is 19.1 Å². The Balaban J connectivity index is 1.75. The molecular formula is C27H21FN2O4. The lowest BCUT2D eigenvalue weighted by molar-refractivity contribution is -0.132. The second kappa shape index (κ2) is 8.51. The van der Waals surface area contributed by atoms with E-state index >= 15 is 0 Å². The first kappa shape index (κ1) is 21.5. The number of aromatic nitrogens is 1. The van der Waals surface area contributed by atoms with Crippen molar-refractivity contribution in [2.45, 2.75) is 13.0 Å². The van der Waals surface area contributed by atoms with Crippen LogP contribution in [0.3, 0.4) is 0 Å². The molecule has 1 atom stereocenters. The number of hydrogen-bond acceptors (Lipinski definition) is 4. The molecule has 0 spiro atoms. The van der Waals surface area contributed by atoms with Crippen LogP contribution in [0, 0.1) is 5.82 Å². The molecular weight excluding hydrogens is 435 g/mol. The maximum Gasteiger partial charge on any atom is 0.300 e. The summed E-state index contributed by atoms with van der Waals surface area (Å²) >= 11 is 0. The molecule has 3 aromatic carbocycles. The third-order valence-corrected chi connectivity index (χ3v) is 5.88. The summed E-state index contributed by atoms with van der Waals surface area (Å²) in [6.07, 6.45) is 1.73. The molecule has 2 heterocycles. The molecule has 0 aliphatic carbocycles. The molecule has 1 aromatic heterocycles. The van der Waals surface area contributed by atoms with E-state index in [0.717, 1.165) is 10.9 Å². The van der Waals surface area contributed by atoms with Crippen molar-refractivity contribution in [1.82, 2.24) is 4.98 Å². The van der Waals surface area contributed by atoms with Crippen LogP contribution in [0.4, 0.5) is 10.1 Å². The molecule has 1 saturated heterocycles. The van der Waals surface area contributed by atoms with Crippen molar-refractivity contribution in [2.24, 2.45) is 0 Å². The molecule has 2 N–H and O–H groups in total. The maximum atomic E-state index is 13.5. The van der Waals surface area contributed by atoms with Gasteiger partial charge in [0, 0.05) is 40.0 Å². The Bertz CT molecular complexity index is 1440. The van der Waals surface area contributed by atoms with E-state index in [4.69, 9.17) is 4.74 Å². The number of fused-ring (bicyclic) bond motifs is 1. The summed E-state index contributed by atoms with van der Waals surface area (Å²) in [7, 11) is 0. The summed E-state index contributed by atoms with van der Waals surface area (Å²) in [6, 6.07) is 18.7. The fourth-order valence-electron chi connectivity index (χ4n) is 4.37. The molecule has 0 saturated carbocycles. The Morgan fingerprint density at radius 3 is 2.59 bits per heavy atom. The van der Waals surface area contributed by atoms with Crippen molar-refractivity contribution in [2.75, 3.05) is 11.5 Å². The number of ketones is 1. The number of H-pyrrole nitrogens is 1. The predicted molar refractivity (Wildman–Crippen MR) is 127 cm³/mol. The van der Waals surface area contributed by atoms with E-state index < -0.39 is 23.5 Å². The van der Waals surface area contributed by atoms with Crippen LogP contribution in [-0.2, 0) is 9.59 Å². The van der Waals surface area contributed by atoms with E-state index in [1.807, 2.05) is 31.2 Å². The molecule has 0 bridgehead atoms. The van der Waals surface area contributed by atoms with Gasteiger partial charge in [-0.2, -0.15) is 0 Å². The van der Waals surface area contributed by atoms with E-state index in [-0.39, 0.29) is 16.9 Å². The second-order valence-corrected chi connectivity index (χ2v) is 7.90. The summed E-state index contributed by atoms with van der Waals surface area (Å²) in [5.74, 6) is -1.88. The zero-order valence-electron chi connectivity index (χ0n) is 18.3. The van der Waals surface area contributed by atoms with E-state index in [0.29, 0.717) is 23.6 Å². The number of aliphatic hydroxyl groups is 1. The summed E-state index contributed by atoms with van der Waals surface area (Å²) < 4.78 is 19.1. The smallest absolute Gasteiger partial charge is 0.300 e. The van der Waals surface area contributed by atoms with Crippen LogP contribution in [0.5, 0.6) is 5.75 Å². The van der Waals surface area contributed by atoms with Crippen LogP contribution in [0.15, 0.2) is 84.6 Å². The van der Waals surface area contributed by atoms with Gasteiger partial charge in [-0.05, 0) is 49.4 Å². The van der Waals surface area contributed by atoms with Gasteiger partial charge in [0.15, 0.2) is 0 Å². The highest BCUT2D eigenvalue weighted by molar-refractivity contribution is 6.51. The number of hydrogen-bond donors (Lipinski definition) is 2. The van der Waals surface area contributed by atoms with Gasteiger partial charge < -0.3 is 14.8 Å². The lowest BCUT2D eigenvalue weighted by Crippen LogP contribution is -2.29. The van der Waals surface area contributed by atoms with Crippen LogP contribution < -0.4 is 9.64 Å². The number of benzene rings is 3. The number of halogens is 1. The van der Waals surface area contributed by atoms with Gasteiger partial charge in [0.05, 0.1) is 18.2 Å². The highest BCUT2D eigenvalue weighted by atomic mass is 19.1. The lowest BCUT2D eigenvalue weighted by atomic mass is 9.94. The van der Waals surface area contributed by atoms with Gasteiger partial charge in [-0.1, -0.05) is 24.3 Å². The van der Waals surface area contributed by atoms with Crippen LogP contribution >= 0.6 is 0 Å². The van der Waals surface area contributed by atoms with Gasteiger partial charge in [-0.25, -0.2) is 4.39 Å². The standard InChI is InChI=1S/C27H21FN2O4/c1-2-34-19-7-5-6-18(14-19)30-24(21-15-29-22-9-4-3-8-20(21)22)23(26(32)27(30)33)25(31)16-10-12-17(28)13-11-16/h3-15,24,29,31H,2H2,1H3/b25-23+. The summed E-state index contributed by atoms with van der Waals surface area (Å²) in [5.41, 5.74) is 2.12. The number of amides is 1. The highest BCUT2D eigenvalue weighted by Crippen LogP contribution is 2.44. The Hall–Kier alpha value is -4.39. The van der Waals surface area contributed by atoms with Crippen LogP contribution in [0.1, 0.15) is 24.1 Å². The Kier molecular flexibility index (Phi) is 5.37. The van der Waals surface area contributed by atoms with Gasteiger partial charge in [0.25, 0.3) is 11.7 Å². The van der Waals surface area contributed by atoms with Crippen molar-refractivity contribution in [1.29, 1.82) is 0 Å². The van der Waals surface area contributed by atoms with Crippen molar-refractivity contribution >= 4 is 34.0 Å². The first-order valence-corrected chi connectivity index (χ1v) is 10.9. The SMILES string of the molecule is CCOc1cccc(N2C(=O)C(=O)/C(=C(/O)c3ccc(F)cc3)C2c2c[nH]c3ccccc23)c1. The van der Waals surface area contributed by atoms with Crippen LogP contribution in [0.25, 0.3) is 16.7 Å². The molecule has 4 aromatic rings. The fourth-order valence-corrected chi connectivity index (χ4v) is 4.37. The second-order valence-electron chi connectivity index (χ2n) is 7.90. The van der Waals surface area contributed by atoms with Gasteiger partial charge >= 0.3 is 0 Å². The van der Waals surface area contributed by atoms with Crippen molar-refractivity contribution < 1.29 is 23.8 Å². The fraction of sp³-hybridized carbons (Fsp3) is 0.111. The number of carbonyl (C=O) groups excluding carboxylic acids is 2. The number of nitrogens with one attached hydrogen (secondary N) is 1. The van der Waals surface area contributed by atoms with E-state index in [1.54, 1.807) is 30.5 Å². The van der Waals surface area contributed by atoms with Gasteiger partial charge in [-0.15, -0.1) is 0 Å². The third-order valence-electron chi connectivity index (χ3n) is 5.88. The Labute approximate surface area is 194 Å². The van der Waals surface area contributed by atoms with Crippen molar-refractivity contribution in [3.05, 3.63) is 102 Å². The number of aromatic amines is 1. The minimum absolute atomic E-state index is 0.0665. The van der Waals surface area contributed by atoms with Crippen molar-refractivity contribution in [3.8, 4) is 5.75 Å². The van der Waals surface area contributed by atoms with Gasteiger partial charge in [0.2, 0.25) is 0 Å². The monoisotopic (exact) mass is 456 g/mol. The van der Waals surface area contributed by atoms with Crippen LogP contribution in [0.2, 0.25) is 0 Å². The number of rotatable bonds is 5. The molecule has 0 radical (unpaired) electrons.